The number of carbonyl (C=O) groups is 1. The van der Waals surface area contributed by atoms with Crippen LogP contribution in [0.4, 0.5) is 18.9 Å². The van der Waals surface area contributed by atoms with E-state index in [-0.39, 0.29) is 16.3 Å². The molecule has 0 atom stereocenters. The van der Waals surface area contributed by atoms with Crippen LogP contribution >= 0.6 is 11.8 Å². The third-order valence-electron chi connectivity index (χ3n) is 3.08. The first kappa shape index (κ1) is 17.8. The van der Waals surface area contributed by atoms with Gasteiger partial charge in [-0.05, 0) is 23.8 Å². The first-order valence-electron chi connectivity index (χ1n) is 6.49. The predicted molar refractivity (Wildman–Crippen MR) is 81.1 cm³/mol. The Balaban J connectivity index is 2.20. The molecule has 126 valence electrons. The Bertz CT molecular complexity index is 775. The van der Waals surface area contributed by atoms with Gasteiger partial charge in [-0.25, -0.2) is 4.79 Å². The summed E-state index contributed by atoms with van der Waals surface area (Å²) in [6.45, 7) is 0. The second kappa shape index (κ2) is 6.91. The van der Waals surface area contributed by atoms with Crippen molar-refractivity contribution in [3.8, 4) is 0 Å². The Morgan fingerprint density at radius 2 is 1.79 bits per heavy atom. The lowest BCUT2D eigenvalue weighted by atomic mass is 10.1. The molecule has 0 amide bonds. The third-order valence-corrected chi connectivity index (χ3v) is 4.22. The van der Waals surface area contributed by atoms with Gasteiger partial charge < -0.3 is 5.11 Å². The number of carboxylic acids is 1. The van der Waals surface area contributed by atoms with Gasteiger partial charge in [-0.15, -0.1) is 11.8 Å². The number of carboxylic acid groups (broad SMARTS) is 1. The number of hydrogen-bond donors (Lipinski definition) is 1. The van der Waals surface area contributed by atoms with E-state index in [0.717, 1.165) is 23.9 Å². The smallest absolute Gasteiger partial charge is 0.416 e. The van der Waals surface area contributed by atoms with Crippen molar-refractivity contribution < 1.29 is 28.0 Å². The standard InChI is InChI=1S/C15H10F3NO4S/c16-15(17,18)10-3-6-13(12(7-10)14(20)21)24-8-9-1-4-11(5-2-9)19(22)23/h1-7H,8H2,(H,20,21). The number of nitro benzene ring substituents is 1. The Hall–Kier alpha value is -2.55. The van der Waals surface area contributed by atoms with Crippen molar-refractivity contribution in [3.05, 3.63) is 69.3 Å². The van der Waals surface area contributed by atoms with Crippen molar-refractivity contribution in [1.29, 1.82) is 0 Å². The Morgan fingerprint density at radius 1 is 1.17 bits per heavy atom. The second-order valence-corrected chi connectivity index (χ2v) is 5.74. The number of nitro groups is 1. The Morgan fingerprint density at radius 3 is 2.29 bits per heavy atom. The molecule has 0 heterocycles. The van der Waals surface area contributed by atoms with Gasteiger partial charge in [0.1, 0.15) is 0 Å². The molecule has 0 aromatic heterocycles. The highest BCUT2D eigenvalue weighted by Gasteiger charge is 2.31. The molecular formula is C15H10F3NO4S. The van der Waals surface area contributed by atoms with Gasteiger partial charge in [-0.1, -0.05) is 12.1 Å². The summed E-state index contributed by atoms with van der Waals surface area (Å²) in [5, 5.41) is 19.7. The average molecular weight is 357 g/mol. The highest BCUT2D eigenvalue weighted by atomic mass is 32.2. The molecule has 0 fully saturated rings. The molecule has 0 aliphatic heterocycles. The van der Waals surface area contributed by atoms with Crippen LogP contribution in [0.25, 0.3) is 0 Å². The van der Waals surface area contributed by atoms with Gasteiger partial charge in [-0.3, -0.25) is 10.1 Å². The van der Waals surface area contributed by atoms with Gasteiger partial charge in [0.2, 0.25) is 0 Å². The molecule has 1 N–H and O–H groups in total. The van der Waals surface area contributed by atoms with Gasteiger partial charge >= 0.3 is 12.1 Å². The minimum Gasteiger partial charge on any atom is -0.478 e. The van der Waals surface area contributed by atoms with Crippen molar-refractivity contribution in [2.45, 2.75) is 16.8 Å². The molecule has 0 unspecified atom stereocenters. The maximum Gasteiger partial charge on any atom is 0.416 e. The Labute approximate surface area is 138 Å². The fraction of sp³-hybridized carbons (Fsp3) is 0.133. The van der Waals surface area contributed by atoms with Crippen molar-refractivity contribution in [3.63, 3.8) is 0 Å². The molecule has 0 spiro atoms. The van der Waals surface area contributed by atoms with E-state index in [1.807, 2.05) is 0 Å². The van der Waals surface area contributed by atoms with Crippen molar-refractivity contribution in [2.24, 2.45) is 0 Å². The molecule has 0 aliphatic carbocycles. The molecular weight excluding hydrogens is 347 g/mol. The van der Waals surface area contributed by atoms with E-state index in [0.29, 0.717) is 11.6 Å². The lowest BCUT2D eigenvalue weighted by Crippen LogP contribution is -2.08. The van der Waals surface area contributed by atoms with E-state index in [9.17, 15) is 28.1 Å². The minimum absolute atomic E-state index is 0.0792. The molecule has 24 heavy (non-hydrogen) atoms. The van der Waals surface area contributed by atoms with Crippen LogP contribution in [-0.2, 0) is 11.9 Å². The van der Waals surface area contributed by atoms with E-state index < -0.39 is 28.2 Å². The normalized spacial score (nSPS) is 11.3. The summed E-state index contributed by atoms with van der Waals surface area (Å²) in [6.07, 6.45) is -4.62. The zero-order valence-electron chi connectivity index (χ0n) is 11.9. The lowest BCUT2D eigenvalue weighted by molar-refractivity contribution is -0.384. The summed E-state index contributed by atoms with van der Waals surface area (Å²) >= 11 is 1.04. The summed E-state index contributed by atoms with van der Waals surface area (Å²) in [5.41, 5.74) is -0.859. The van der Waals surface area contributed by atoms with Crippen LogP contribution in [-0.4, -0.2) is 16.0 Å². The quantitative estimate of drug-likeness (QED) is 0.480. The van der Waals surface area contributed by atoms with Crippen LogP contribution in [0.3, 0.4) is 0 Å². The molecule has 0 saturated heterocycles. The largest absolute Gasteiger partial charge is 0.478 e. The number of halogens is 3. The van der Waals surface area contributed by atoms with Gasteiger partial charge in [0.25, 0.3) is 5.69 Å². The molecule has 2 rings (SSSR count). The van der Waals surface area contributed by atoms with Crippen molar-refractivity contribution in [1.82, 2.24) is 0 Å². The van der Waals surface area contributed by atoms with Crippen LogP contribution in [0, 0.1) is 10.1 Å². The van der Waals surface area contributed by atoms with E-state index in [1.165, 1.54) is 24.3 Å². The first-order chi connectivity index (χ1) is 11.2. The number of rotatable bonds is 5. The number of aromatic carboxylic acids is 1. The maximum atomic E-state index is 12.7. The van der Waals surface area contributed by atoms with E-state index in [1.54, 1.807) is 0 Å². The topological polar surface area (TPSA) is 80.4 Å². The van der Waals surface area contributed by atoms with Crippen LogP contribution in [0.1, 0.15) is 21.5 Å². The van der Waals surface area contributed by atoms with Crippen LogP contribution in [0.15, 0.2) is 47.4 Å². The second-order valence-electron chi connectivity index (χ2n) is 4.73. The highest BCUT2D eigenvalue weighted by Crippen LogP contribution is 2.34. The molecule has 9 heteroatoms. The fourth-order valence-electron chi connectivity index (χ4n) is 1.87. The van der Waals surface area contributed by atoms with Gasteiger partial charge in [0.15, 0.2) is 0 Å². The number of thioether (sulfide) groups is 1. The average Bonchev–Trinajstić information content (AvgIpc) is 2.52. The summed E-state index contributed by atoms with van der Waals surface area (Å²) < 4.78 is 38.0. The van der Waals surface area contributed by atoms with E-state index in [2.05, 4.69) is 0 Å². The highest BCUT2D eigenvalue weighted by molar-refractivity contribution is 7.98. The number of hydrogen-bond acceptors (Lipinski definition) is 4. The molecule has 2 aromatic rings. The molecule has 5 nitrogen and oxygen atoms in total. The number of benzene rings is 2. The minimum atomic E-state index is -4.62. The summed E-state index contributed by atoms with van der Waals surface area (Å²) in [4.78, 5) is 21.4. The monoisotopic (exact) mass is 357 g/mol. The van der Waals surface area contributed by atoms with Crippen LogP contribution in [0.5, 0.6) is 0 Å². The zero-order chi connectivity index (χ0) is 17.9. The number of alkyl halides is 3. The molecule has 2 aromatic carbocycles. The van der Waals surface area contributed by atoms with Gasteiger partial charge in [0, 0.05) is 22.8 Å². The van der Waals surface area contributed by atoms with Crippen LogP contribution < -0.4 is 0 Å². The van der Waals surface area contributed by atoms with Crippen molar-refractivity contribution in [2.75, 3.05) is 0 Å². The molecule has 0 radical (unpaired) electrons. The van der Waals surface area contributed by atoms with E-state index in [4.69, 9.17) is 5.11 Å². The summed E-state index contributed by atoms with van der Waals surface area (Å²) in [6, 6.07) is 8.17. The number of non-ortho nitro benzene ring substituents is 1. The zero-order valence-corrected chi connectivity index (χ0v) is 12.7. The number of nitrogens with zero attached hydrogens (tertiary/aromatic N) is 1. The maximum absolute atomic E-state index is 12.7. The van der Waals surface area contributed by atoms with Gasteiger partial charge in [-0.2, -0.15) is 13.2 Å². The first-order valence-corrected chi connectivity index (χ1v) is 7.47. The fourth-order valence-corrected chi connectivity index (χ4v) is 2.85. The van der Waals surface area contributed by atoms with Crippen LogP contribution in [0.2, 0.25) is 0 Å². The molecule has 0 aliphatic rings. The molecule has 0 bridgehead atoms. The summed E-state index contributed by atoms with van der Waals surface area (Å²) in [7, 11) is 0. The summed E-state index contributed by atoms with van der Waals surface area (Å²) in [5.74, 6) is -1.18. The SMILES string of the molecule is O=C(O)c1cc(C(F)(F)F)ccc1SCc1ccc([N+](=O)[O-])cc1. The predicted octanol–water partition coefficient (Wildman–Crippen LogP) is 4.60. The Kier molecular flexibility index (Phi) is 5.13. The molecule has 0 saturated carbocycles. The third kappa shape index (κ3) is 4.25. The van der Waals surface area contributed by atoms with Gasteiger partial charge in [0.05, 0.1) is 16.1 Å². The van der Waals surface area contributed by atoms with Crippen molar-refractivity contribution >= 4 is 23.4 Å². The van der Waals surface area contributed by atoms with E-state index >= 15 is 0 Å². The lowest BCUT2D eigenvalue weighted by Gasteiger charge is -2.11.